The molecule has 0 spiro atoms. The van der Waals surface area contributed by atoms with Crippen LogP contribution in [0.3, 0.4) is 0 Å². The number of halogens is 1. The van der Waals surface area contributed by atoms with Crippen molar-refractivity contribution in [2.45, 2.75) is 38.9 Å². The summed E-state index contributed by atoms with van der Waals surface area (Å²) in [6.07, 6.45) is 3.53. The van der Waals surface area contributed by atoms with Gasteiger partial charge in [-0.1, -0.05) is 29.7 Å². The van der Waals surface area contributed by atoms with E-state index in [1.54, 1.807) is 6.20 Å². The van der Waals surface area contributed by atoms with E-state index >= 15 is 0 Å². The summed E-state index contributed by atoms with van der Waals surface area (Å²) in [5.74, 6) is 1.86. The average molecular weight is 266 g/mol. The number of aromatic nitrogens is 1. The van der Waals surface area contributed by atoms with Crippen molar-refractivity contribution >= 4 is 24.8 Å². The Bertz CT molecular complexity index is 458. The van der Waals surface area contributed by atoms with Gasteiger partial charge in [0.2, 0.25) is 0 Å². The molecule has 0 bridgehead atoms. The quantitative estimate of drug-likeness (QED) is 0.607. The van der Waals surface area contributed by atoms with Gasteiger partial charge in [0.1, 0.15) is 5.15 Å². The highest BCUT2D eigenvalue weighted by atomic mass is 35.5. The molecule has 0 aliphatic carbocycles. The van der Waals surface area contributed by atoms with E-state index in [4.69, 9.17) is 20.9 Å². The fourth-order valence-electron chi connectivity index (χ4n) is 1.67. The van der Waals surface area contributed by atoms with Crippen LogP contribution in [0.1, 0.15) is 33.3 Å². The summed E-state index contributed by atoms with van der Waals surface area (Å²) < 4.78 is 11.7. The van der Waals surface area contributed by atoms with Crippen LogP contribution in [0.15, 0.2) is 24.3 Å². The summed E-state index contributed by atoms with van der Waals surface area (Å²) >= 11 is 5.98. The van der Waals surface area contributed by atoms with Gasteiger partial charge >= 0.3 is 7.12 Å². The van der Waals surface area contributed by atoms with Crippen LogP contribution in [0, 0.1) is 0 Å². The maximum atomic E-state index is 5.98. The van der Waals surface area contributed by atoms with Crippen molar-refractivity contribution in [3.05, 3.63) is 35.0 Å². The maximum absolute atomic E-state index is 5.98. The highest BCUT2D eigenvalue weighted by Crippen LogP contribution is 2.37. The molecule has 2 heterocycles. The lowest BCUT2D eigenvalue weighted by atomic mass is 9.89. The second-order valence-electron chi connectivity index (χ2n) is 5.37. The fourth-order valence-corrected chi connectivity index (χ4v) is 1.85. The smallest absolute Gasteiger partial charge is 0.400 e. The summed E-state index contributed by atoms with van der Waals surface area (Å²) in [6.45, 7) is 8.10. The van der Waals surface area contributed by atoms with E-state index < -0.39 is 0 Å². The molecule has 96 valence electrons. The summed E-state index contributed by atoms with van der Waals surface area (Å²) in [5, 5.41) is 0.477. The van der Waals surface area contributed by atoms with E-state index in [1.807, 2.05) is 51.9 Å². The van der Waals surface area contributed by atoms with Crippen LogP contribution >= 0.6 is 11.6 Å². The summed E-state index contributed by atoms with van der Waals surface area (Å²) in [4.78, 5) is 4.01. The molecule has 1 aromatic rings. The Hall–Kier alpha value is -0.835. The predicted molar refractivity (Wildman–Crippen MR) is 74.4 cm³/mol. The highest BCUT2D eigenvalue weighted by Gasteiger charge is 2.49. The van der Waals surface area contributed by atoms with Crippen LogP contribution in [0.5, 0.6) is 0 Å². The van der Waals surface area contributed by atoms with Crippen LogP contribution in [-0.2, 0) is 9.31 Å². The molecule has 5 heteroatoms. The van der Waals surface area contributed by atoms with E-state index in [-0.39, 0.29) is 18.3 Å². The van der Waals surface area contributed by atoms with Crippen LogP contribution in [-0.4, -0.2) is 23.3 Å². The van der Waals surface area contributed by atoms with Gasteiger partial charge in [0.15, 0.2) is 0 Å². The molecule has 0 atom stereocenters. The molecule has 18 heavy (non-hydrogen) atoms. The van der Waals surface area contributed by atoms with Crippen LogP contribution < -0.4 is 0 Å². The average Bonchev–Trinajstić information content (AvgIpc) is 2.46. The number of pyridine rings is 1. The highest BCUT2D eigenvalue weighted by molar-refractivity contribution is 6.52. The molecular weight excluding hydrogens is 248 g/mol. The minimum absolute atomic E-state index is 0.319. The van der Waals surface area contributed by atoms with Crippen molar-refractivity contribution in [3.63, 3.8) is 0 Å². The zero-order chi connectivity index (χ0) is 13.4. The van der Waals surface area contributed by atoms with Gasteiger partial charge in [-0.2, -0.15) is 0 Å². The molecule has 3 nitrogen and oxygen atoms in total. The van der Waals surface area contributed by atoms with E-state index in [1.165, 1.54) is 0 Å². The third kappa shape index (κ3) is 2.61. The lowest BCUT2D eigenvalue weighted by Gasteiger charge is -2.32. The summed E-state index contributed by atoms with van der Waals surface area (Å²) in [6, 6.07) is 3.74. The third-order valence-corrected chi connectivity index (χ3v) is 3.81. The monoisotopic (exact) mass is 265 g/mol. The van der Waals surface area contributed by atoms with Crippen molar-refractivity contribution in [2.75, 3.05) is 0 Å². The molecular formula is C13H17BClNO2. The predicted octanol–water partition coefficient (Wildman–Crippen LogP) is 3.38. The van der Waals surface area contributed by atoms with Crippen molar-refractivity contribution in [1.82, 2.24) is 4.98 Å². The van der Waals surface area contributed by atoms with E-state index in [0.29, 0.717) is 5.15 Å². The molecule has 1 aliphatic heterocycles. The first-order chi connectivity index (χ1) is 8.32. The number of hydrogen-bond acceptors (Lipinski definition) is 3. The van der Waals surface area contributed by atoms with Crippen molar-refractivity contribution in [1.29, 1.82) is 0 Å². The first-order valence-electron chi connectivity index (χ1n) is 5.96. The Labute approximate surface area is 113 Å². The standard InChI is InChI=1S/C13H17BClNO2/c1-12(2)13(3,4)18-14(17-12)8-7-10-6-5-9-16-11(10)15/h5-9H,1-4H3/b8-7+. The molecule has 0 radical (unpaired) electrons. The van der Waals surface area contributed by atoms with E-state index in [2.05, 4.69) is 4.98 Å². The van der Waals surface area contributed by atoms with Gasteiger partial charge in [-0.15, -0.1) is 0 Å². The molecule has 2 rings (SSSR count). The lowest BCUT2D eigenvalue weighted by molar-refractivity contribution is 0.00578. The molecule has 0 aromatic carbocycles. The molecule has 1 aliphatic rings. The normalized spacial score (nSPS) is 21.7. The zero-order valence-corrected chi connectivity index (χ0v) is 11.9. The first kappa shape index (κ1) is 13.6. The maximum Gasteiger partial charge on any atom is 0.487 e. The molecule has 0 amide bonds. The van der Waals surface area contributed by atoms with E-state index in [9.17, 15) is 0 Å². The number of nitrogens with zero attached hydrogens (tertiary/aromatic N) is 1. The van der Waals surface area contributed by atoms with Crippen LogP contribution in [0.2, 0.25) is 5.15 Å². The van der Waals surface area contributed by atoms with Gasteiger partial charge in [-0.25, -0.2) is 4.98 Å². The Morgan fingerprint density at radius 2 is 1.83 bits per heavy atom. The van der Waals surface area contributed by atoms with Crippen molar-refractivity contribution in [3.8, 4) is 0 Å². The van der Waals surface area contributed by atoms with Crippen molar-refractivity contribution < 1.29 is 9.31 Å². The second-order valence-corrected chi connectivity index (χ2v) is 5.73. The van der Waals surface area contributed by atoms with E-state index in [0.717, 1.165) is 5.56 Å². The van der Waals surface area contributed by atoms with Crippen LogP contribution in [0.25, 0.3) is 6.08 Å². The van der Waals surface area contributed by atoms with Gasteiger partial charge in [-0.05, 0) is 33.8 Å². The topological polar surface area (TPSA) is 31.4 Å². The van der Waals surface area contributed by atoms with Crippen LogP contribution in [0.4, 0.5) is 0 Å². The Morgan fingerprint density at radius 3 is 2.39 bits per heavy atom. The van der Waals surface area contributed by atoms with Gasteiger partial charge in [0.05, 0.1) is 11.2 Å². The fraction of sp³-hybridized carbons (Fsp3) is 0.462. The Kier molecular flexibility index (Phi) is 3.54. The zero-order valence-electron chi connectivity index (χ0n) is 11.1. The summed E-state index contributed by atoms with van der Waals surface area (Å²) in [7, 11) is -0.355. The second kappa shape index (κ2) is 4.69. The van der Waals surface area contributed by atoms with Gasteiger partial charge in [0.25, 0.3) is 0 Å². The molecule has 0 saturated carbocycles. The molecule has 0 N–H and O–H groups in total. The minimum Gasteiger partial charge on any atom is -0.400 e. The molecule has 0 unspecified atom stereocenters. The first-order valence-corrected chi connectivity index (χ1v) is 6.34. The molecule has 1 fully saturated rings. The minimum atomic E-state index is -0.355. The molecule has 1 saturated heterocycles. The Morgan fingerprint density at radius 1 is 1.22 bits per heavy atom. The van der Waals surface area contributed by atoms with Gasteiger partial charge in [-0.3, -0.25) is 0 Å². The summed E-state index contributed by atoms with van der Waals surface area (Å²) in [5.41, 5.74) is 0.218. The third-order valence-electron chi connectivity index (χ3n) is 3.49. The molecule has 1 aromatic heterocycles. The SMILES string of the molecule is CC1(C)OB(/C=C/c2cccnc2Cl)OC1(C)C. The largest absolute Gasteiger partial charge is 0.487 e. The lowest BCUT2D eigenvalue weighted by Crippen LogP contribution is -2.41. The van der Waals surface area contributed by atoms with Gasteiger partial charge < -0.3 is 9.31 Å². The number of hydrogen-bond donors (Lipinski definition) is 0. The van der Waals surface area contributed by atoms with Crippen molar-refractivity contribution in [2.24, 2.45) is 0 Å². The van der Waals surface area contributed by atoms with Gasteiger partial charge in [0, 0.05) is 11.8 Å². The Balaban J connectivity index is 2.11. The number of rotatable bonds is 2.